The first-order chi connectivity index (χ1) is 13.1. The molecular formula is C21H17N3O3. The molecule has 0 spiro atoms. The van der Waals surface area contributed by atoms with Crippen LogP contribution in [0, 0.1) is 6.92 Å². The van der Waals surface area contributed by atoms with Gasteiger partial charge >= 0.3 is 5.97 Å². The van der Waals surface area contributed by atoms with Crippen LogP contribution in [0.25, 0.3) is 21.9 Å². The summed E-state index contributed by atoms with van der Waals surface area (Å²) in [4.78, 5) is 34.3. The Morgan fingerprint density at radius 1 is 1.15 bits per heavy atom. The van der Waals surface area contributed by atoms with Crippen LogP contribution in [0.4, 0.5) is 0 Å². The lowest BCUT2D eigenvalue weighted by Gasteiger charge is -2.11. The Morgan fingerprint density at radius 2 is 1.96 bits per heavy atom. The summed E-state index contributed by atoms with van der Waals surface area (Å²) in [5.74, 6) is -0.384. The number of fused-ring (bicyclic) bond motifs is 2. The van der Waals surface area contributed by atoms with Gasteiger partial charge in [0, 0.05) is 30.0 Å². The second kappa shape index (κ2) is 6.64. The number of hydrogen-bond donors (Lipinski definition) is 0. The van der Waals surface area contributed by atoms with Gasteiger partial charge in [-0.2, -0.15) is 0 Å². The van der Waals surface area contributed by atoms with Crippen molar-refractivity contribution in [3.05, 3.63) is 76.3 Å². The number of ether oxygens (including phenoxy) is 1. The first kappa shape index (κ1) is 16.9. The van der Waals surface area contributed by atoms with Gasteiger partial charge < -0.3 is 9.30 Å². The molecule has 0 amide bonds. The van der Waals surface area contributed by atoms with Crippen LogP contribution < -0.4 is 10.2 Å². The van der Waals surface area contributed by atoms with Crippen molar-refractivity contribution in [2.75, 3.05) is 0 Å². The first-order valence-corrected chi connectivity index (χ1v) is 8.65. The minimum atomic E-state index is -0.706. The zero-order valence-corrected chi connectivity index (χ0v) is 15.0. The number of carbonyl (C=O) groups is 1. The van der Waals surface area contributed by atoms with Gasteiger partial charge in [0.05, 0.1) is 5.39 Å². The van der Waals surface area contributed by atoms with Crippen LogP contribution in [0.5, 0.6) is 5.75 Å². The van der Waals surface area contributed by atoms with Crippen LogP contribution in [-0.4, -0.2) is 20.5 Å². The van der Waals surface area contributed by atoms with Crippen molar-refractivity contribution in [2.24, 2.45) is 0 Å². The molecule has 0 saturated carbocycles. The molecule has 0 aliphatic carbocycles. The van der Waals surface area contributed by atoms with E-state index < -0.39 is 5.97 Å². The topological polar surface area (TPSA) is 74.1 Å². The molecule has 0 bridgehead atoms. The summed E-state index contributed by atoms with van der Waals surface area (Å²) in [5.41, 5.74) is 1.53. The number of pyridine rings is 3. The highest BCUT2D eigenvalue weighted by Gasteiger charge is 2.19. The number of aryl methyl sites for hydroxylation is 2. The molecule has 0 unspecified atom stereocenters. The van der Waals surface area contributed by atoms with Crippen molar-refractivity contribution in [1.82, 2.24) is 14.5 Å². The second-order valence-corrected chi connectivity index (χ2v) is 6.20. The van der Waals surface area contributed by atoms with E-state index in [1.54, 1.807) is 35.0 Å². The molecule has 3 aromatic heterocycles. The van der Waals surface area contributed by atoms with Crippen molar-refractivity contribution in [2.45, 2.75) is 20.4 Å². The molecule has 134 valence electrons. The van der Waals surface area contributed by atoms with Gasteiger partial charge in [0.25, 0.3) is 0 Å². The summed E-state index contributed by atoms with van der Waals surface area (Å²) in [6, 6.07) is 12.5. The van der Waals surface area contributed by atoms with Gasteiger partial charge in [-0.25, -0.2) is 9.78 Å². The number of benzene rings is 1. The third-order valence-corrected chi connectivity index (χ3v) is 4.42. The highest BCUT2D eigenvalue weighted by molar-refractivity contribution is 5.96. The maximum atomic E-state index is 12.8. The molecule has 1 aromatic carbocycles. The lowest BCUT2D eigenvalue weighted by molar-refractivity contribution is 0.0735. The Morgan fingerprint density at radius 3 is 2.78 bits per heavy atom. The predicted octanol–water partition coefficient (Wildman–Crippen LogP) is 3.49. The Kier molecular flexibility index (Phi) is 4.16. The quantitative estimate of drug-likeness (QED) is 0.413. The summed E-state index contributed by atoms with van der Waals surface area (Å²) in [7, 11) is 0. The van der Waals surface area contributed by atoms with E-state index in [2.05, 4.69) is 9.97 Å². The number of esters is 1. The maximum absolute atomic E-state index is 12.8. The molecule has 4 aromatic rings. The highest BCUT2D eigenvalue weighted by atomic mass is 16.5. The summed E-state index contributed by atoms with van der Waals surface area (Å²) >= 11 is 0. The minimum Gasteiger partial charge on any atom is -0.420 e. The van der Waals surface area contributed by atoms with Crippen molar-refractivity contribution >= 4 is 27.9 Å². The molecule has 0 aliphatic heterocycles. The summed E-state index contributed by atoms with van der Waals surface area (Å²) in [6.07, 6.45) is 3.14. The van der Waals surface area contributed by atoms with Gasteiger partial charge in [-0.1, -0.05) is 18.2 Å². The first-order valence-electron chi connectivity index (χ1n) is 8.65. The zero-order chi connectivity index (χ0) is 19.0. The molecule has 0 saturated heterocycles. The molecular weight excluding hydrogens is 342 g/mol. The standard InChI is InChI=1S/C21H17N3O3/c1-3-24-12-16(19(25)15-10-9-13(2)23-20(15)24)21(26)27-17-8-4-6-14-7-5-11-22-18(14)17/h4-12H,3H2,1-2H3. The Balaban J connectivity index is 1.82. The van der Waals surface area contributed by atoms with Crippen LogP contribution in [0.3, 0.4) is 0 Å². The molecule has 27 heavy (non-hydrogen) atoms. The molecule has 6 nitrogen and oxygen atoms in total. The van der Waals surface area contributed by atoms with Crippen LogP contribution in [0.15, 0.2) is 59.7 Å². The number of aromatic nitrogens is 3. The minimum absolute atomic E-state index is 0.0251. The fourth-order valence-electron chi connectivity index (χ4n) is 3.06. The number of para-hydroxylation sites is 1. The van der Waals surface area contributed by atoms with Gasteiger partial charge in [-0.15, -0.1) is 0 Å². The smallest absolute Gasteiger partial charge is 0.349 e. The number of nitrogens with zero attached hydrogens (tertiary/aromatic N) is 3. The normalized spacial score (nSPS) is 11.0. The van der Waals surface area contributed by atoms with E-state index in [0.717, 1.165) is 11.1 Å². The second-order valence-electron chi connectivity index (χ2n) is 6.20. The van der Waals surface area contributed by atoms with Crippen molar-refractivity contribution in [3.8, 4) is 5.75 Å². The molecule has 4 rings (SSSR count). The van der Waals surface area contributed by atoms with Gasteiger partial charge in [0.15, 0.2) is 5.75 Å². The zero-order valence-electron chi connectivity index (χ0n) is 15.0. The monoisotopic (exact) mass is 359 g/mol. The summed E-state index contributed by atoms with van der Waals surface area (Å²) < 4.78 is 7.31. The Labute approximate surface area is 155 Å². The Hall–Kier alpha value is -3.54. The van der Waals surface area contributed by atoms with Crippen LogP contribution in [0.2, 0.25) is 0 Å². The highest BCUT2D eigenvalue weighted by Crippen LogP contribution is 2.24. The lowest BCUT2D eigenvalue weighted by atomic mass is 10.1. The average Bonchev–Trinajstić information content (AvgIpc) is 2.68. The molecule has 3 heterocycles. The van der Waals surface area contributed by atoms with E-state index in [1.165, 1.54) is 6.20 Å². The fourth-order valence-corrected chi connectivity index (χ4v) is 3.06. The molecule has 6 heteroatoms. The van der Waals surface area contributed by atoms with E-state index in [0.29, 0.717) is 28.8 Å². The molecule has 0 radical (unpaired) electrons. The molecule has 0 atom stereocenters. The summed E-state index contributed by atoms with van der Waals surface area (Å²) in [6.45, 7) is 4.36. The maximum Gasteiger partial charge on any atom is 0.349 e. The van der Waals surface area contributed by atoms with E-state index in [1.807, 2.05) is 32.0 Å². The van der Waals surface area contributed by atoms with Crippen molar-refractivity contribution in [1.29, 1.82) is 0 Å². The summed E-state index contributed by atoms with van der Waals surface area (Å²) in [5, 5.41) is 1.25. The van der Waals surface area contributed by atoms with E-state index in [4.69, 9.17) is 4.74 Å². The van der Waals surface area contributed by atoms with E-state index in [-0.39, 0.29) is 11.0 Å². The van der Waals surface area contributed by atoms with Crippen LogP contribution >= 0.6 is 0 Å². The van der Waals surface area contributed by atoms with Gasteiger partial charge in [-0.05, 0) is 38.1 Å². The SMILES string of the molecule is CCn1cc(C(=O)Oc2cccc3cccnc23)c(=O)c2ccc(C)nc21. The van der Waals surface area contributed by atoms with Gasteiger partial charge in [0.1, 0.15) is 16.7 Å². The van der Waals surface area contributed by atoms with Crippen molar-refractivity contribution < 1.29 is 9.53 Å². The number of hydrogen-bond acceptors (Lipinski definition) is 5. The lowest BCUT2D eigenvalue weighted by Crippen LogP contribution is -2.23. The molecule has 0 N–H and O–H groups in total. The fraction of sp³-hybridized carbons (Fsp3) is 0.143. The van der Waals surface area contributed by atoms with E-state index >= 15 is 0 Å². The van der Waals surface area contributed by atoms with Crippen molar-refractivity contribution in [3.63, 3.8) is 0 Å². The third-order valence-electron chi connectivity index (χ3n) is 4.42. The number of carbonyl (C=O) groups excluding carboxylic acids is 1. The molecule has 0 fully saturated rings. The van der Waals surface area contributed by atoms with E-state index in [9.17, 15) is 9.59 Å². The molecule has 0 aliphatic rings. The van der Waals surface area contributed by atoms with Gasteiger partial charge in [-0.3, -0.25) is 9.78 Å². The predicted molar refractivity (Wildman–Crippen MR) is 103 cm³/mol. The third kappa shape index (κ3) is 2.95. The van der Waals surface area contributed by atoms with Gasteiger partial charge in [0.2, 0.25) is 5.43 Å². The largest absolute Gasteiger partial charge is 0.420 e. The average molecular weight is 359 g/mol. The number of rotatable bonds is 3. The Bertz CT molecular complexity index is 1240. The van der Waals surface area contributed by atoms with Crippen LogP contribution in [-0.2, 0) is 6.54 Å². The van der Waals surface area contributed by atoms with Crippen LogP contribution in [0.1, 0.15) is 23.0 Å².